The van der Waals surface area contributed by atoms with Crippen LogP contribution in [0.15, 0.2) is 24.4 Å². The summed E-state index contributed by atoms with van der Waals surface area (Å²) >= 11 is 5.96. The summed E-state index contributed by atoms with van der Waals surface area (Å²) in [7, 11) is -3.02. The summed E-state index contributed by atoms with van der Waals surface area (Å²) in [6.45, 7) is 2.81. The molecule has 92 valence electrons. The van der Waals surface area contributed by atoms with E-state index < -0.39 is 9.84 Å². The SMILES string of the molecule is CCn1cc(CS(C)(=O)=O)c2ccc(Cl)cc21. The van der Waals surface area contributed by atoms with Gasteiger partial charge in [-0.25, -0.2) is 8.42 Å². The summed E-state index contributed by atoms with van der Waals surface area (Å²) in [5.74, 6) is 0.0676. The van der Waals surface area contributed by atoms with Crippen LogP contribution in [0.5, 0.6) is 0 Å². The minimum absolute atomic E-state index is 0.0676. The number of sulfone groups is 1. The number of fused-ring (bicyclic) bond motifs is 1. The minimum Gasteiger partial charge on any atom is -0.347 e. The molecule has 0 N–H and O–H groups in total. The van der Waals surface area contributed by atoms with Gasteiger partial charge in [-0.3, -0.25) is 0 Å². The Bertz CT molecular complexity index is 658. The molecule has 0 radical (unpaired) electrons. The largest absolute Gasteiger partial charge is 0.347 e. The van der Waals surface area contributed by atoms with Gasteiger partial charge in [0.2, 0.25) is 0 Å². The molecule has 5 heteroatoms. The molecular formula is C12H14ClNO2S. The first-order chi connectivity index (χ1) is 7.90. The van der Waals surface area contributed by atoms with E-state index in [2.05, 4.69) is 0 Å². The quantitative estimate of drug-likeness (QED) is 0.861. The highest BCUT2D eigenvalue weighted by Gasteiger charge is 2.12. The van der Waals surface area contributed by atoms with Gasteiger partial charge in [-0.1, -0.05) is 17.7 Å². The highest BCUT2D eigenvalue weighted by atomic mass is 35.5. The Morgan fingerprint density at radius 2 is 2.06 bits per heavy atom. The molecule has 3 nitrogen and oxygen atoms in total. The van der Waals surface area contributed by atoms with Crippen molar-refractivity contribution in [1.82, 2.24) is 4.57 Å². The zero-order valence-corrected chi connectivity index (χ0v) is 11.3. The van der Waals surface area contributed by atoms with Crippen molar-refractivity contribution >= 4 is 32.3 Å². The normalized spacial score (nSPS) is 12.2. The first-order valence-corrected chi connectivity index (χ1v) is 7.79. The lowest BCUT2D eigenvalue weighted by Gasteiger charge is -1.99. The first kappa shape index (κ1) is 12.5. The maximum absolute atomic E-state index is 11.4. The molecule has 2 aromatic rings. The van der Waals surface area contributed by atoms with Crippen LogP contribution in [-0.4, -0.2) is 19.2 Å². The van der Waals surface area contributed by atoms with Gasteiger partial charge in [-0.05, 0) is 24.6 Å². The third kappa shape index (κ3) is 2.64. The molecule has 0 aliphatic rings. The van der Waals surface area contributed by atoms with E-state index in [1.165, 1.54) is 6.26 Å². The van der Waals surface area contributed by atoms with Crippen molar-refractivity contribution in [1.29, 1.82) is 0 Å². The van der Waals surface area contributed by atoms with Gasteiger partial charge in [0.15, 0.2) is 9.84 Å². The van der Waals surface area contributed by atoms with Crippen LogP contribution in [0.2, 0.25) is 5.02 Å². The van der Waals surface area contributed by atoms with Crippen LogP contribution < -0.4 is 0 Å². The van der Waals surface area contributed by atoms with Crippen molar-refractivity contribution in [3.8, 4) is 0 Å². The van der Waals surface area contributed by atoms with Crippen molar-refractivity contribution in [2.24, 2.45) is 0 Å². The molecule has 1 heterocycles. The molecule has 0 aliphatic heterocycles. The molecule has 0 fully saturated rings. The summed E-state index contributed by atoms with van der Waals surface area (Å²) in [5.41, 5.74) is 1.82. The Morgan fingerprint density at radius 1 is 1.35 bits per heavy atom. The number of hydrogen-bond acceptors (Lipinski definition) is 2. The number of aromatic nitrogens is 1. The lowest BCUT2D eigenvalue weighted by molar-refractivity contribution is 0.601. The van der Waals surface area contributed by atoms with Crippen LogP contribution >= 0.6 is 11.6 Å². The van der Waals surface area contributed by atoms with Crippen LogP contribution in [0.25, 0.3) is 10.9 Å². The topological polar surface area (TPSA) is 39.1 Å². The molecule has 1 aromatic carbocycles. The molecule has 2 rings (SSSR count). The predicted molar refractivity (Wildman–Crippen MR) is 71.2 cm³/mol. The second-order valence-corrected chi connectivity index (χ2v) is 6.75. The number of halogens is 1. The molecule has 0 aliphatic carbocycles. The molecule has 0 bridgehead atoms. The van der Waals surface area contributed by atoms with Crippen molar-refractivity contribution < 1.29 is 8.42 Å². The average molecular weight is 272 g/mol. The molecule has 0 saturated heterocycles. The van der Waals surface area contributed by atoms with Crippen LogP contribution in [-0.2, 0) is 22.1 Å². The number of benzene rings is 1. The van der Waals surface area contributed by atoms with E-state index in [-0.39, 0.29) is 5.75 Å². The summed E-state index contributed by atoms with van der Waals surface area (Å²) in [4.78, 5) is 0. The van der Waals surface area contributed by atoms with E-state index in [9.17, 15) is 8.42 Å². The van der Waals surface area contributed by atoms with E-state index in [0.717, 1.165) is 23.0 Å². The maximum Gasteiger partial charge on any atom is 0.151 e. The lowest BCUT2D eigenvalue weighted by atomic mass is 10.2. The van der Waals surface area contributed by atoms with Gasteiger partial charge in [0.25, 0.3) is 0 Å². The van der Waals surface area contributed by atoms with Crippen molar-refractivity contribution in [3.05, 3.63) is 35.0 Å². The van der Waals surface area contributed by atoms with Crippen molar-refractivity contribution in [3.63, 3.8) is 0 Å². The van der Waals surface area contributed by atoms with Gasteiger partial charge in [-0.15, -0.1) is 0 Å². The van der Waals surface area contributed by atoms with E-state index in [4.69, 9.17) is 11.6 Å². The van der Waals surface area contributed by atoms with E-state index in [1.54, 1.807) is 6.07 Å². The number of aryl methyl sites for hydroxylation is 1. The van der Waals surface area contributed by atoms with E-state index >= 15 is 0 Å². The highest BCUT2D eigenvalue weighted by Crippen LogP contribution is 2.26. The smallest absolute Gasteiger partial charge is 0.151 e. The number of rotatable bonds is 3. The first-order valence-electron chi connectivity index (χ1n) is 5.35. The molecular weight excluding hydrogens is 258 g/mol. The highest BCUT2D eigenvalue weighted by molar-refractivity contribution is 7.89. The van der Waals surface area contributed by atoms with Crippen LogP contribution in [0.3, 0.4) is 0 Å². The zero-order chi connectivity index (χ0) is 12.6. The van der Waals surface area contributed by atoms with Gasteiger partial charge in [-0.2, -0.15) is 0 Å². The molecule has 17 heavy (non-hydrogen) atoms. The fourth-order valence-electron chi connectivity index (χ4n) is 2.00. The summed E-state index contributed by atoms with van der Waals surface area (Å²) in [5, 5.41) is 1.62. The van der Waals surface area contributed by atoms with Crippen LogP contribution in [0.4, 0.5) is 0 Å². The Morgan fingerprint density at radius 3 is 2.65 bits per heavy atom. The van der Waals surface area contributed by atoms with Crippen molar-refractivity contribution in [2.75, 3.05) is 6.26 Å². The fourth-order valence-corrected chi connectivity index (χ4v) is 2.96. The monoisotopic (exact) mass is 271 g/mol. The predicted octanol–water partition coefficient (Wildman–Crippen LogP) is 2.86. The Balaban J connectivity index is 2.65. The van der Waals surface area contributed by atoms with Crippen molar-refractivity contribution in [2.45, 2.75) is 19.2 Å². The number of hydrogen-bond donors (Lipinski definition) is 0. The molecule has 0 spiro atoms. The second-order valence-electron chi connectivity index (χ2n) is 4.17. The third-order valence-electron chi connectivity index (χ3n) is 2.69. The van der Waals surface area contributed by atoms with Crippen LogP contribution in [0, 0.1) is 0 Å². The lowest BCUT2D eigenvalue weighted by Crippen LogP contribution is -2.00. The van der Waals surface area contributed by atoms with Gasteiger partial charge < -0.3 is 4.57 Å². The summed E-state index contributed by atoms with van der Waals surface area (Å²) < 4.78 is 24.8. The van der Waals surface area contributed by atoms with Crippen LogP contribution in [0.1, 0.15) is 12.5 Å². The minimum atomic E-state index is -3.02. The second kappa shape index (κ2) is 4.35. The average Bonchev–Trinajstić information content (AvgIpc) is 2.53. The standard InChI is InChI=1S/C12H14ClNO2S/c1-3-14-7-9(8-17(2,15)16)11-5-4-10(13)6-12(11)14/h4-7H,3,8H2,1-2H3. The van der Waals surface area contributed by atoms with Gasteiger partial charge in [0, 0.05) is 34.9 Å². The van der Waals surface area contributed by atoms with Gasteiger partial charge >= 0.3 is 0 Å². The Kier molecular flexibility index (Phi) is 3.19. The number of nitrogens with zero attached hydrogens (tertiary/aromatic N) is 1. The van der Waals surface area contributed by atoms with E-state index in [1.807, 2.05) is 29.8 Å². The Hall–Kier alpha value is -1.00. The zero-order valence-electron chi connectivity index (χ0n) is 9.77. The fraction of sp³-hybridized carbons (Fsp3) is 0.333. The molecule has 0 atom stereocenters. The van der Waals surface area contributed by atoms with Gasteiger partial charge in [0.05, 0.1) is 5.75 Å². The van der Waals surface area contributed by atoms with E-state index in [0.29, 0.717) is 5.02 Å². The summed E-state index contributed by atoms with van der Waals surface area (Å²) in [6.07, 6.45) is 3.14. The Labute approximate surface area is 106 Å². The summed E-state index contributed by atoms with van der Waals surface area (Å²) in [6, 6.07) is 5.53. The molecule has 1 aromatic heterocycles. The maximum atomic E-state index is 11.4. The molecule has 0 amide bonds. The molecule has 0 unspecified atom stereocenters. The van der Waals surface area contributed by atoms with Gasteiger partial charge in [0.1, 0.15) is 0 Å². The molecule has 0 saturated carbocycles. The third-order valence-corrected chi connectivity index (χ3v) is 3.76.